The van der Waals surface area contributed by atoms with Gasteiger partial charge in [-0.25, -0.2) is 25.8 Å². The van der Waals surface area contributed by atoms with Gasteiger partial charge in [-0.2, -0.15) is 0 Å². The van der Waals surface area contributed by atoms with Crippen LogP contribution in [0.15, 0.2) is 0 Å². The van der Waals surface area contributed by atoms with Gasteiger partial charge >= 0.3 is 5.97 Å². The maximum atomic E-state index is 15.1. The molecule has 14 atom stereocenters. The summed E-state index contributed by atoms with van der Waals surface area (Å²) in [7, 11) is 0. The molecule has 5 fully saturated rings. The first-order valence-electron chi connectivity index (χ1n) is 24.2. The highest BCUT2D eigenvalue weighted by Gasteiger charge is 2.59. The number of hydrazine groups is 2. The number of hydrogen-bond donors (Lipinski definition) is 9. The lowest BCUT2D eigenvalue weighted by Gasteiger charge is -2.48. The van der Waals surface area contributed by atoms with Crippen molar-refractivity contribution in [2.24, 2.45) is 23.7 Å². The molecule has 0 aromatic rings. The van der Waals surface area contributed by atoms with Crippen molar-refractivity contribution in [1.82, 2.24) is 41.2 Å². The molecule has 386 valence electrons. The summed E-state index contributed by atoms with van der Waals surface area (Å²) in [4.78, 5) is 103. The Balaban J connectivity index is 1.62. The molecule has 0 saturated carbocycles. The molecule has 23 heteroatoms. The summed E-state index contributed by atoms with van der Waals surface area (Å²) >= 11 is 0. The van der Waals surface area contributed by atoms with Gasteiger partial charge in [0.25, 0.3) is 29.5 Å². The summed E-state index contributed by atoms with van der Waals surface area (Å²) < 4.78 is 12.2. The molecule has 0 bridgehead atoms. The molecular weight excluding hydrogens is 893 g/mol. The minimum atomic E-state index is -2.76. The molecule has 68 heavy (non-hydrogen) atoms. The lowest BCUT2D eigenvalue weighted by molar-refractivity contribution is -0.329. The Hall–Kier alpha value is -4.07. The second-order valence-corrected chi connectivity index (χ2v) is 20.6. The van der Waals surface area contributed by atoms with E-state index in [1.807, 2.05) is 6.92 Å². The Bertz CT molecular complexity index is 1890. The second-order valence-electron chi connectivity index (χ2n) is 20.6. The molecular formula is C45H76N8O15. The average molecular weight is 969 g/mol. The number of rotatable bonds is 9. The van der Waals surface area contributed by atoms with Crippen LogP contribution >= 0.6 is 0 Å². The zero-order chi connectivity index (χ0) is 51.0. The number of cyclic esters (lactones) is 1. The molecule has 5 rings (SSSR count). The molecule has 0 spiro atoms. The largest absolute Gasteiger partial charge is 0.458 e. The van der Waals surface area contributed by atoms with Crippen LogP contribution in [0.5, 0.6) is 0 Å². The summed E-state index contributed by atoms with van der Waals surface area (Å²) in [5.74, 6) is -12.1. The van der Waals surface area contributed by atoms with E-state index in [2.05, 4.69) is 30.0 Å². The fourth-order valence-electron chi connectivity index (χ4n) is 10.1. The van der Waals surface area contributed by atoms with E-state index in [-0.39, 0.29) is 67.8 Å². The quantitative estimate of drug-likeness (QED) is 0.102. The number of nitrogens with zero attached hydrogens (tertiary/aromatic N) is 5. The zero-order valence-electron chi connectivity index (χ0n) is 41.1. The molecule has 23 nitrogen and oxygen atoms in total. The monoisotopic (exact) mass is 969 g/mol. The van der Waals surface area contributed by atoms with Gasteiger partial charge in [0.15, 0.2) is 11.6 Å². The molecule has 5 heterocycles. The maximum Gasteiger partial charge on any atom is 0.332 e. The van der Waals surface area contributed by atoms with Crippen molar-refractivity contribution in [1.29, 1.82) is 0 Å². The van der Waals surface area contributed by atoms with Gasteiger partial charge in [-0.05, 0) is 83.0 Å². The first-order valence-corrected chi connectivity index (χ1v) is 24.2. The third kappa shape index (κ3) is 10.8. The number of fused-ring (bicyclic) bond motifs is 3. The number of aliphatic hydroxyl groups is 4. The van der Waals surface area contributed by atoms with Crippen LogP contribution in [0.3, 0.4) is 0 Å². The first-order chi connectivity index (χ1) is 31.6. The number of carbonyl (C=O) groups excluding carboxylic acids is 7. The fourth-order valence-corrected chi connectivity index (χ4v) is 10.1. The molecule has 0 radical (unpaired) electrons. The van der Waals surface area contributed by atoms with E-state index in [9.17, 15) is 59.6 Å². The van der Waals surface area contributed by atoms with Crippen LogP contribution in [-0.2, 0) is 43.0 Å². The number of carbonyl (C=O) groups is 7. The Morgan fingerprint density at radius 1 is 0.882 bits per heavy atom. The number of aliphatic hydroxyl groups excluding tert-OH is 1. The molecule has 9 N–H and O–H groups in total. The van der Waals surface area contributed by atoms with Crippen LogP contribution < -0.4 is 16.2 Å². The van der Waals surface area contributed by atoms with Gasteiger partial charge in [-0.15, -0.1) is 0 Å². The average Bonchev–Trinajstić information content (AvgIpc) is 3.62. The van der Waals surface area contributed by atoms with Crippen molar-refractivity contribution in [2.45, 2.75) is 199 Å². The normalized spacial score (nSPS) is 36.6. The second kappa shape index (κ2) is 21.5. The van der Waals surface area contributed by atoms with Gasteiger partial charge in [0, 0.05) is 32.5 Å². The highest BCUT2D eigenvalue weighted by Crippen LogP contribution is 2.42. The molecule has 5 saturated heterocycles. The van der Waals surface area contributed by atoms with Crippen molar-refractivity contribution in [3.05, 3.63) is 0 Å². The Morgan fingerprint density at radius 3 is 2.13 bits per heavy atom. The van der Waals surface area contributed by atoms with Gasteiger partial charge in [-0.1, -0.05) is 54.9 Å². The van der Waals surface area contributed by atoms with Crippen molar-refractivity contribution < 1.29 is 73.9 Å². The smallest absolute Gasteiger partial charge is 0.332 e. The van der Waals surface area contributed by atoms with E-state index >= 15 is 4.79 Å². The predicted molar refractivity (Wildman–Crippen MR) is 237 cm³/mol. The highest BCUT2D eigenvalue weighted by molar-refractivity contribution is 5.98. The molecule has 0 aliphatic carbocycles. The van der Waals surface area contributed by atoms with Gasteiger partial charge in [0.1, 0.15) is 36.3 Å². The summed E-state index contributed by atoms with van der Waals surface area (Å²) in [5.41, 5.74) is 0.710. The van der Waals surface area contributed by atoms with Crippen molar-refractivity contribution in [3.63, 3.8) is 0 Å². The van der Waals surface area contributed by atoms with E-state index in [4.69, 9.17) is 9.47 Å². The number of ether oxygens (including phenoxy) is 2. The number of hydrogen-bond acceptors (Lipinski definition) is 17. The van der Waals surface area contributed by atoms with Crippen molar-refractivity contribution >= 4 is 41.4 Å². The third-order valence-corrected chi connectivity index (χ3v) is 14.7. The number of hydroxylamine groups is 4. The molecule has 0 aromatic heterocycles. The van der Waals surface area contributed by atoms with Crippen LogP contribution in [0.1, 0.15) is 127 Å². The molecule has 5 aliphatic heterocycles. The Labute approximate surface area is 397 Å². The molecule has 5 aliphatic rings. The summed E-state index contributed by atoms with van der Waals surface area (Å²) in [6.07, 6.45) is -1.48. The van der Waals surface area contributed by atoms with Crippen LogP contribution in [-0.4, -0.2) is 188 Å². The topological polar surface area (TPSA) is 312 Å². The Morgan fingerprint density at radius 2 is 1.53 bits per heavy atom. The van der Waals surface area contributed by atoms with Crippen LogP contribution in [0.4, 0.5) is 0 Å². The lowest BCUT2D eigenvalue weighted by Crippen LogP contribution is -2.70. The minimum Gasteiger partial charge on any atom is -0.458 e. The zero-order valence-corrected chi connectivity index (χ0v) is 41.1. The van der Waals surface area contributed by atoms with E-state index < -0.39 is 125 Å². The number of β-amino-alcohol motifs (C(OH)–C–C–N with tert-alkyl or cyclic N) is 1. The number of amides is 6. The van der Waals surface area contributed by atoms with Gasteiger partial charge < -0.3 is 40.1 Å². The standard InChI is InChI=1S/C45H76N8O15/c1-11-25(7)20-27-15-16-45(64,68-31(27)12-2)44(10,63)42(61)48-32-34(24(5)6)67-41(60)33(23(3)4)53(66)40(59)35-43(9,62)17-19-49(35)37(56)30-21-28(54)22-47-51(30)36(55)26(8)52(65)38(57)29-14-13-18-46-50(29)39(32)58/h23-35,46-47,54,62-66H,11-22H2,1-10H3,(H,48,61)/t25-,26-,27+,28+,29+,30+,31+,32-,33?,34-,35+,43+,44+,45+/m0/s1. The van der Waals surface area contributed by atoms with E-state index in [1.165, 1.54) is 34.6 Å². The maximum absolute atomic E-state index is 15.1. The fraction of sp³-hybridized carbons (Fsp3) is 0.844. The third-order valence-electron chi connectivity index (χ3n) is 14.7. The number of nitrogens with one attached hydrogen (secondary N) is 3. The van der Waals surface area contributed by atoms with Crippen molar-refractivity contribution in [2.75, 3.05) is 19.6 Å². The lowest BCUT2D eigenvalue weighted by atomic mass is 9.78. The summed E-state index contributed by atoms with van der Waals surface area (Å²) in [5, 5.41) is 73.8. The van der Waals surface area contributed by atoms with Crippen LogP contribution in [0, 0.1) is 23.7 Å². The summed E-state index contributed by atoms with van der Waals surface area (Å²) in [6, 6.07) is -10.6. The SMILES string of the molecule is CC[C@H](C)C[C@H]1CC[C@](O)([C@](C)(O)C(=O)N[C@@H]2C(=O)N3NCCC[C@@H]3C(=O)N(O)[C@@H](C)C(=O)N3NC[C@H](O)C[C@@H]3C(=O)N3CC[C@@](C)(O)[C@H]3C(=O)N(O)C(C(C)C)C(=O)O[C@H]2C(C)C)O[C@@H]1CC. The van der Waals surface area contributed by atoms with Crippen molar-refractivity contribution in [3.8, 4) is 0 Å². The summed E-state index contributed by atoms with van der Waals surface area (Å²) in [6.45, 7) is 15.0. The van der Waals surface area contributed by atoms with Gasteiger partial charge in [-0.3, -0.25) is 49.2 Å². The van der Waals surface area contributed by atoms with Crippen LogP contribution in [0.25, 0.3) is 0 Å². The van der Waals surface area contributed by atoms with Gasteiger partial charge in [0.05, 0.1) is 17.8 Å². The predicted octanol–water partition coefficient (Wildman–Crippen LogP) is -0.704. The molecule has 0 aromatic carbocycles. The van der Waals surface area contributed by atoms with Gasteiger partial charge in [0.2, 0.25) is 11.7 Å². The Kier molecular flexibility index (Phi) is 17.4. The van der Waals surface area contributed by atoms with E-state index in [1.54, 1.807) is 0 Å². The molecule has 1 unspecified atom stereocenters. The van der Waals surface area contributed by atoms with E-state index in [0.717, 1.165) is 41.6 Å². The molecule has 6 amide bonds. The minimum absolute atomic E-state index is 0.0101. The first kappa shape index (κ1) is 54.9. The van der Waals surface area contributed by atoms with E-state index in [0.29, 0.717) is 18.8 Å². The van der Waals surface area contributed by atoms with Crippen LogP contribution in [0.2, 0.25) is 0 Å². The number of esters is 1. The highest BCUT2D eigenvalue weighted by atomic mass is 16.6.